The third-order valence-corrected chi connectivity index (χ3v) is 14.0. The van der Waals surface area contributed by atoms with Crippen LogP contribution in [-0.4, -0.2) is 22.9 Å². The van der Waals surface area contributed by atoms with E-state index in [0.717, 1.165) is 19.3 Å². The van der Waals surface area contributed by atoms with E-state index in [4.69, 9.17) is 9.62 Å². The summed E-state index contributed by atoms with van der Waals surface area (Å²) in [6.07, 6.45) is 13.0. The third kappa shape index (κ3) is 3.22. The van der Waals surface area contributed by atoms with Gasteiger partial charge in [-0.05, 0) is 117 Å². The number of ether oxygens (including phenoxy) is 1. The number of fused-ring (bicyclic) bond motifs is 7. The van der Waals surface area contributed by atoms with E-state index in [-0.39, 0.29) is 39.1 Å². The van der Waals surface area contributed by atoms with E-state index in [1.807, 2.05) is 0 Å². The lowest BCUT2D eigenvalue weighted by molar-refractivity contribution is -0.352. The molecule has 204 valence electrons. The fraction of sp³-hybridized carbons (Fsp3) is 0.906. The van der Waals surface area contributed by atoms with Gasteiger partial charge in [0.05, 0.1) is 0 Å². The molecule has 4 saturated carbocycles. The normalized spacial score (nSPS) is 53.7. The van der Waals surface area contributed by atoms with Gasteiger partial charge in [0, 0.05) is 18.3 Å². The van der Waals surface area contributed by atoms with Gasteiger partial charge in [0.2, 0.25) is 0 Å². The molecule has 0 bridgehead atoms. The van der Waals surface area contributed by atoms with Gasteiger partial charge in [0.1, 0.15) is 11.7 Å². The smallest absolute Gasteiger partial charge is 0.302 e. The van der Waals surface area contributed by atoms with Gasteiger partial charge in [-0.3, -0.25) is 10.1 Å². The standard InChI is InChI=1S/C32H52O4/c1-20-12-15-28(5)18-19-30(7)22(26(28)32(20,9)36-34)10-11-24-29(6)16-14-25(35-21(2)33)27(3,4)23(29)13-17-31(24,30)8/h12,22-26,34H,10-11,13-19H2,1-9H3/t22-,23+,24-,25+,26+,28-,29+,30-,31-,32-/m1/s1. The predicted molar refractivity (Wildman–Crippen MR) is 143 cm³/mol. The van der Waals surface area contributed by atoms with Gasteiger partial charge in [-0.25, -0.2) is 4.89 Å². The second-order valence-corrected chi connectivity index (χ2v) is 15.5. The molecule has 0 radical (unpaired) electrons. The van der Waals surface area contributed by atoms with Crippen LogP contribution in [0.1, 0.15) is 120 Å². The summed E-state index contributed by atoms with van der Waals surface area (Å²) in [6.45, 7) is 20.9. The van der Waals surface area contributed by atoms with Gasteiger partial charge in [-0.15, -0.1) is 0 Å². The fourth-order valence-corrected chi connectivity index (χ4v) is 11.8. The first kappa shape index (κ1) is 26.7. The topological polar surface area (TPSA) is 55.8 Å². The number of carbonyl (C=O) groups is 1. The second kappa shape index (κ2) is 8.07. The summed E-state index contributed by atoms with van der Waals surface area (Å²) in [6, 6.07) is 0. The van der Waals surface area contributed by atoms with Crippen molar-refractivity contribution in [3.63, 3.8) is 0 Å². The van der Waals surface area contributed by atoms with Crippen molar-refractivity contribution >= 4 is 5.97 Å². The number of hydrogen-bond donors (Lipinski definition) is 1. The van der Waals surface area contributed by atoms with Crippen LogP contribution in [0.15, 0.2) is 11.6 Å². The Balaban J connectivity index is 1.53. The summed E-state index contributed by atoms with van der Waals surface area (Å²) < 4.78 is 5.90. The molecule has 5 aliphatic rings. The molecule has 0 saturated heterocycles. The van der Waals surface area contributed by atoms with Crippen LogP contribution >= 0.6 is 0 Å². The SMILES string of the molecule is CC(=O)O[C@H]1CC[C@]2(C)[C@H]3CC[C@@H]4[C@H]5[C@](C)(CC=C(C)[C@@]5(C)OO)CC[C@@]4(C)[C@]3(C)CC[C@H]2C1(C)C. The number of allylic oxidation sites excluding steroid dienone is 1. The minimum Gasteiger partial charge on any atom is -0.462 e. The summed E-state index contributed by atoms with van der Waals surface area (Å²) in [4.78, 5) is 17.4. The maximum Gasteiger partial charge on any atom is 0.302 e. The van der Waals surface area contributed by atoms with Gasteiger partial charge < -0.3 is 4.74 Å². The molecule has 0 unspecified atom stereocenters. The fourth-order valence-electron chi connectivity index (χ4n) is 11.8. The highest BCUT2D eigenvalue weighted by Crippen LogP contribution is 2.77. The van der Waals surface area contributed by atoms with E-state index in [1.165, 1.54) is 44.1 Å². The molecule has 36 heavy (non-hydrogen) atoms. The molecule has 0 aromatic heterocycles. The van der Waals surface area contributed by atoms with Crippen molar-refractivity contribution in [1.82, 2.24) is 0 Å². The number of rotatable bonds is 2. The number of esters is 1. The molecule has 0 aromatic carbocycles. The Bertz CT molecular complexity index is 954. The van der Waals surface area contributed by atoms with Crippen LogP contribution < -0.4 is 0 Å². The molecule has 10 atom stereocenters. The lowest BCUT2D eigenvalue weighted by Gasteiger charge is -2.74. The summed E-state index contributed by atoms with van der Waals surface area (Å²) >= 11 is 0. The minimum absolute atomic E-state index is 0.00251. The lowest BCUT2D eigenvalue weighted by atomic mass is 9.31. The maximum atomic E-state index is 11.9. The molecule has 0 aromatic rings. The number of carbonyl (C=O) groups excluding carboxylic acids is 1. The Kier molecular flexibility index (Phi) is 5.99. The van der Waals surface area contributed by atoms with Crippen molar-refractivity contribution < 1.29 is 19.7 Å². The van der Waals surface area contributed by atoms with Crippen molar-refractivity contribution in [3.05, 3.63) is 11.6 Å². The molecule has 0 amide bonds. The molecular weight excluding hydrogens is 448 g/mol. The Labute approximate surface area is 219 Å². The molecule has 5 rings (SSSR count). The molecule has 0 heterocycles. The van der Waals surface area contributed by atoms with E-state index < -0.39 is 5.60 Å². The molecule has 4 fully saturated rings. The molecule has 1 N–H and O–H groups in total. The Hall–Kier alpha value is -0.870. The quantitative estimate of drug-likeness (QED) is 0.180. The molecule has 5 aliphatic carbocycles. The Morgan fingerprint density at radius 2 is 1.58 bits per heavy atom. The van der Waals surface area contributed by atoms with Crippen LogP contribution in [0.25, 0.3) is 0 Å². The maximum absolute atomic E-state index is 11.9. The first-order valence-corrected chi connectivity index (χ1v) is 14.8. The van der Waals surface area contributed by atoms with Crippen molar-refractivity contribution in [3.8, 4) is 0 Å². The molecular formula is C32H52O4. The largest absolute Gasteiger partial charge is 0.462 e. The summed E-state index contributed by atoms with van der Waals surface area (Å²) in [5.74, 6) is 1.98. The first-order valence-electron chi connectivity index (χ1n) is 14.8. The highest BCUT2D eigenvalue weighted by atomic mass is 17.1. The number of hydrogen-bond acceptors (Lipinski definition) is 4. The van der Waals surface area contributed by atoms with Crippen molar-refractivity contribution in [1.29, 1.82) is 0 Å². The molecule has 4 heteroatoms. The average molecular weight is 501 g/mol. The van der Waals surface area contributed by atoms with Gasteiger partial charge in [-0.1, -0.05) is 47.6 Å². The van der Waals surface area contributed by atoms with E-state index in [0.29, 0.717) is 23.7 Å². The van der Waals surface area contributed by atoms with E-state index in [1.54, 1.807) is 6.92 Å². The Morgan fingerprint density at radius 3 is 2.22 bits per heavy atom. The molecule has 0 spiro atoms. The highest BCUT2D eigenvalue weighted by Gasteiger charge is 2.71. The van der Waals surface area contributed by atoms with E-state index >= 15 is 0 Å². The summed E-state index contributed by atoms with van der Waals surface area (Å²) in [5.41, 5.74) is 1.52. The predicted octanol–water partition coefficient (Wildman–Crippen LogP) is 8.21. The third-order valence-electron chi connectivity index (χ3n) is 14.0. The second-order valence-electron chi connectivity index (χ2n) is 15.5. The van der Waals surface area contributed by atoms with Crippen molar-refractivity contribution in [2.45, 2.75) is 132 Å². The molecule has 0 aliphatic heterocycles. The van der Waals surface area contributed by atoms with Crippen LogP contribution in [0.4, 0.5) is 0 Å². The molecule has 4 nitrogen and oxygen atoms in total. The highest BCUT2D eigenvalue weighted by molar-refractivity contribution is 5.66. The monoisotopic (exact) mass is 500 g/mol. The first-order chi connectivity index (χ1) is 16.6. The summed E-state index contributed by atoms with van der Waals surface area (Å²) in [7, 11) is 0. The van der Waals surface area contributed by atoms with Crippen molar-refractivity contribution in [2.24, 2.45) is 50.7 Å². The van der Waals surface area contributed by atoms with E-state index in [9.17, 15) is 10.1 Å². The van der Waals surface area contributed by atoms with Crippen LogP contribution in [0.2, 0.25) is 0 Å². The average Bonchev–Trinajstić information content (AvgIpc) is 2.79. The lowest BCUT2D eigenvalue weighted by Crippen LogP contribution is -2.69. The zero-order valence-electron chi connectivity index (χ0n) is 24.5. The van der Waals surface area contributed by atoms with Gasteiger partial charge >= 0.3 is 5.97 Å². The zero-order valence-corrected chi connectivity index (χ0v) is 24.5. The summed E-state index contributed by atoms with van der Waals surface area (Å²) in [5, 5.41) is 10.3. The van der Waals surface area contributed by atoms with Crippen molar-refractivity contribution in [2.75, 3.05) is 0 Å². The van der Waals surface area contributed by atoms with Gasteiger partial charge in [0.15, 0.2) is 0 Å². The van der Waals surface area contributed by atoms with Crippen LogP contribution in [0.5, 0.6) is 0 Å². The van der Waals surface area contributed by atoms with Crippen LogP contribution in [0, 0.1) is 50.7 Å². The zero-order chi connectivity index (χ0) is 26.5. The van der Waals surface area contributed by atoms with Crippen LogP contribution in [0.3, 0.4) is 0 Å². The van der Waals surface area contributed by atoms with Gasteiger partial charge in [0.25, 0.3) is 0 Å². The van der Waals surface area contributed by atoms with E-state index in [2.05, 4.69) is 61.5 Å². The Morgan fingerprint density at radius 1 is 0.889 bits per heavy atom. The van der Waals surface area contributed by atoms with Crippen LogP contribution in [-0.2, 0) is 14.4 Å². The minimum atomic E-state index is -0.603. The van der Waals surface area contributed by atoms with Gasteiger partial charge in [-0.2, -0.15) is 0 Å².